The maximum atomic E-state index is 12.0. The van der Waals surface area contributed by atoms with Crippen molar-refractivity contribution in [2.75, 3.05) is 26.2 Å². The first-order valence-corrected chi connectivity index (χ1v) is 6.60. The molecule has 2 atom stereocenters. The van der Waals surface area contributed by atoms with Crippen LogP contribution in [0, 0.1) is 0 Å². The van der Waals surface area contributed by atoms with Crippen LogP contribution in [0.5, 0.6) is 0 Å². The summed E-state index contributed by atoms with van der Waals surface area (Å²) >= 11 is 0. The molecule has 6 nitrogen and oxygen atoms in total. The average molecular weight is 255 g/mol. The van der Waals surface area contributed by atoms with Crippen molar-refractivity contribution in [1.29, 1.82) is 0 Å². The summed E-state index contributed by atoms with van der Waals surface area (Å²) in [5.41, 5.74) is 0. The van der Waals surface area contributed by atoms with Gasteiger partial charge in [-0.25, -0.2) is 4.79 Å². The summed E-state index contributed by atoms with van der Waals surface area (Å²) in [7, 11) is 0. The predicted octanol–water partition coefficient (Wildman–Crippen LogP) is 0.339. The van der Waals surface area contributed by atoms with Gasteiger partial charge in [0.1, 0.15) is 6.04 Å². The van der Waals surface area contributed by atoms with Gasteiger partial charge in [-0.2, -0.15) is 0 Å². The Bertz CT molecular complexity index is 335. The number of hydrogen-bond donors (Lipinski definition) is 2. The SMILES string of the molecule is C[C@H](NC(=O)N1CCCN2CCCC2C1)C(=O)O. The van der Waals surface area contributed by atoms with Gasteiger partial charge in [-0.05, 0) is 32.7 Å². The molecule has 18 heavy (non-hydrogen) atoms. The molecule has 2 fully saturated rings. The van der Waals surface area contributed by atoms with Gasteiger partial charge in [0.2, 0.25) is 0 Å². The zero-order chi connectivity index (χ0) is 13.1. The van der Waals surface area contributed by atoms with Gasteiger partial charge in [-0.3, -0.25) is 9.69 Å². The van der Waals surface area contributed by atoms with Crippen molar-refractivity contribution in [3.63, 3.8) is 0 Å². The number of hydrogen-bond acceptors (Lipinski definition) is 3. The van der Waals surface area contributed by atoms with Crippen molar-refractivity contribution >= 4 is 12.0 Å². The highest BCUT2D eigenvalue weighted by Crippen LogP contribution is 2.21. The van der Waals surface area contributed by atoms with E-state index in [1.807, 2.05) is 0 Å². The van der Waals surface area contributed by atoms with Gasteiger partial charge in [0.25, 0.3) is 0 Å². The fraction of sp³-hybridized carbons (Fsp3) is 0.833. The molecule has 0 aromatic heterocycles. The lowest BCUT2D eigenvalue weighted by Gasteiger charge is -2.26. The van der Waals surface area contributed by atoms with E-state index in [-0.39, 0.29) is 6.03 Å². The lowest BCUT2D eigenvalue weighted by Crippen LogP contribution is -2.49. The summed E-state index contributed by atoms with van der Waals surface area (Å²) in [4.78, 5) is 26.9. The molecular weight excluding hydrogens is 234 g/mol. The van der Waals surface area contributed by atoms with Crippen molar-refractivity contribution in [3.05, 3.63) is 0 Å². The summed E-state index contributed by atoms with van der Waals surface area (Å²) in [5.74, 6) is -0.999. The first-order valence-electron chi connectivity index (χ1n) is 6.60. The number of nitrogens with one attached hydrogen (secondary N) is 1. The fourth-order valence-electron chi connectivity index (χ4n) is 2.73. The lowest BCUT2D eigenvalue weighted by molar-refractivity contribution is -0.138. The molecule has 1 unspecified atom stereocenters. The third kappa shape index (κ3) is 2.93. The van der Waals surface area contributed by atoms with E-state index in [0.29, 0.717) is 12.6 Å². The van der Waals surface area contributed by atoms with Crippen LogP contribution in [0.1, 0.15) is 26.2 Å². The van der Waals surface area contributed by atoms with Crippen LogP contribution in [-0.2, 0) is 4.79 Å². The molecule has 2 aliphatic heterocycles. The second kappa shape index (κ2) is 5.56. The van der Waals surface area contributed by atoms with Gasteiger partial charge in [0, 0.05) is 25.7 Å². The summed E-state index contributed by atoms with van der Waals surface area (Å²) in [6, 6.07) is -0.627. The summed E-state index contributed by atoms with van der Waals surface area (Å²) in [6.07, 6.45) is 3.30. The Kier molecular flexibility index (Phi) is 4.06. The number of aliphatic carboxylic acids is 1. The molecule has 0 aliphatic carbocycles. The molecule has 0 aromatic rings. The van der Waals surface area contributed by atoms with E-state index in [2.05, 4.69) is 10.2 Å². The lowest BCUT2D eigenvalue weighted by atomic mass is 10.2. The number of carbonyl (C=O) groups excluding carboxylic acids is 1. The van der Waals surface area contributed by atoms with Crippen LogP contribution < -0.4 is 5.32 Å². The molecule has 2 heterocycles. The molecule has 0 spiro atoms. The molecule has 2 amide bonds. The van der Waals surface area contributed by atoms with E-state index in [4.69, 9.17) is 5.11 Å². The quantitative estimate of drug-likeness (QED) is 0.746. The highest BCUT2D eigenvalue weighted by Gasteiger charge is 2.31. The van der Waals surface area contributed by atoms with Crippen molar-refractivity contribution in [2.24, 2.45) is 0 Å². The van der Waals surface area contributed by atoms with E-state index in [9.17, 15) is 9.59 Å². The highest BCUT2D eigenvalue weighted by atomic mass is 16.4. The van der Waals surface area contributed by atoms with E-state index in [1.165, 1.54) is 13.3 Å². The molecule has 0 aromatic carbocycles. The Morgan fingerprint density at radius 2 is 2.00 bits per heavy atom. The van der Waals surface area contributed by atoms with E-state index < -0.39 is 12.0 Å². The highest BCUT2D eigenvalue weighted by molar-refractivity contribution is 5.82. The average Bonchev–Trinajstić information content (AvgIpc) is 2.66. The Morgan fingerprint density at radius 1 is 1.28 bits per heavy atom. The number of amides is 2. The van der Waals surface area contributed by atoms with Crippen LogP contribution in [0.2, 0.25) is 0 Å². The Balaban J connectivity index is 1.91. The third-order valence-electron chi connectivity index (χ3n) is 3.80. The molecular formula is C12H21N3O3. The van der Waals surface area contributed by atoms with Crippen LogP contribution in [0.3, 0.4) is 0 Å². The zero-order valence-electron chi connectivity index (χ0n) is 10.8. The van der Waals surface area contributed by atoms with E-state index in [1.54, 1.807) is 4.90 Å². The van der Waals surface area contributed by atoms with Gasteiger partial charge in [0.15, 0.2) is 0 Å². The van der Waals surface area contributed by atoms with Gasteiger partial charge in [-0.1, -0.05) is 0 Å². The molecule has 0 bridgehead atoms. The normalized spacial score (nSPS) is 26.3. The maximum Gasteiger partial charge on any atom is 0.325 e. The van der Waals surface area contributed by atoms with E-state index in [0.717, 1.165) is 32.5 Å². The van der Waals surface area contributed by atoms with Crippen LogP contribution in [-0.4, -0.2) is 65.2 Å². The predicted molar refractivity (Wildman–Crippen MR) is 66.4 cm³/mol. The Hall–Kier alpha value is -1.30. The molecule has 2 N–H and O–H groups in total. The summed E-state index contributed by atoms with van der Waals surface area (Å²) in [5, 5.41) is 11.3. The van der Waals surface area contributed by atoms with Crippen molar-refractivity contribution in [2.45, 2.75) is 38.3 Å². The zero-order valence-corrected chi connectivity index (χ0v) is 10.8. The van der Waals surface area contributed by atoms with Gasteiger partial charge >= 0.3 is 12.0 Å². The van der Waals surface area contributed by atoms with Crippen molar-refractivity contribution < 1.29 is 14.7 Å². The largest absolute Gasteiger partial charge is 0.480 e. The number of fused-ring (bicyclic) bond motifs is 1. The number of carboxylic acid groups (broad SMARTS) is 1. The van der Waals surface area contributed by atoms with Gasteiger partial charge in [-0.15, -0.1) is 0 Å². The number of carbonyl (C=O) groups is 2. The molecule has 0 saturated carbocycles. The third-order valence-corrected chi connectivity index (χ3v) is 3.80. The molecule has 2 saturated heterocycles. The molecule has 6 heteroatoms. The van der Waals surface area contributed by atoms with Crippen LogP contribution >= 0.6 is 0 Å². The van der Waals surface area contributed by atoms with Crippen molar-refractivity contribution in [1.82, 2.24) is 15.1 Å². The summed E-state index contributed by atoms with van der Waals surface area (Å²) < 4.78 is 0. The minimum atomic E-state index is -0.999. The fourth-order valence-corrected chi connectivity index (χ4v) is 2.73. The van der Waals surface area contributed by atoms with Crippen LogP contribution in [0.25, 0.3) is 0 Å². The topological polar surface area (TPSA) is 72.9 Å². The smallest absolute Gasteiger partial charge is 0.325 e. The second-order valence-electron chi connectivity index (χ2n) is 5.14. The number of nitrogens with zero attached hydrogens (tertiary/aromatic N) is 2. The standard InChI is InChI=1S/C12H21N3O3/c1-9(11(16)17)13-12(18)15-7-3-6-14-5-2-4-10(14)8-15/h9-10H,2-8H2,1H3,(H,13,18)(H,16,17)/t9-,10?/m0/s1. The minimum Gasteiger partial charge on any atom is -0.480 e. The van der Waals surface area contributed by atoms with E-state index >= 15 is 0 Å². The van der Waals surface area contributed by atoms with Crippen LogP contribution in [0.15, 0.2) is 0 Å². The number of carboxylic acids is 1. The second-order valence-corrected chi connectivity index (χ2v) is 5.14. The number of urea groups is 1. The van der Waals surface area contributed by atoms with Crippen LogP contribution in [0.4, 0.5) is 4.79 Å². The maximum absolute atomic E-state index is 12.0. The monoisotopic (exact) mass is 255 g/mol. The Labute approximate surface area is 107 Å². The minimum absolute atomic E-state index is 0.251. The van der Waals surface area contributed by atoms with Crippen molar-refractivity contribution in [3.8, 4) is 0 Å². The van der Waals surface area contributed by atoms with Gasteiger partial charge < -0.3 is 15.3 Å². The first kappa shape index (κ1) is 13.1. The number of rotatable bonds is 2. The Morgan fingerprint density at radius 3 is 2.72 bits per heavy atom. The van der Waals surface area contributed by atoms with Gasteiger partial charge in [0.05, 0.1) is 0 Å². The molecule has 2 aliphatic rings. The molecule has 0 radical (unpaired) electrons. The molecule has 2 rings (SSSR count). The molecule has 102 valence electrons. The summed E-state index contributed by atoms with van der Waals surface area (Å²) in [6.45, 7) is 5.10. The first-order chi connectivity index (χ1) is 8.58.